The number of benzene rings is 3. The molecule has 0 saturated carbocycles. The summed E-state index contributed by atoms with van der Waals surface area (Å²) < 4.78 is 53.0. The van der Waals surface area contributed by atoms with Gasteiger partial charge in [-0.05, 0) is 56.7 Å². The van der Waals surface area contributed by atoms with E-state index >= 15 is 4.79 Å². The molecule has 1 saturated heterocycles. The lowest BCUT2D eigenvalue weighted by Gasteiger charge is -2.42. The molecule has 2 aliphatic rings. The first-order chi connectivity index (χ1) is 25.0. The van der Waals surface area contributed by atoms with Crippen LogP contribution in [0.15, 0.2) is 65.6 Å². The van der Waals surface area contributed by atoms with E-state index < -0.39 is 63.9 Å². The smallest absolute Gasteiger partial charge is 0.348 e. The Balaban J connectivity index is 1.79. The number of halogens is 1. The monoisotopic (exact) mass is 774 g/mol. The van der Waals surface area contributed by atoms with Crippen molar-refractivity contribution in [2.24, 2.45) is 0 Å². The summed E-state index contributed by atoms with van der Waals surface area (Å²) in [5, 5.41) is 22.9. The first kappa shape index (κ1) is 39.8. The van der Waals surface area contributed by atoms with Crippen molar-refractivity contribution >= 4 is 45.1 Å². The minimum Gasteiger partial charge on any atom is -0.497 e. The van der Waals surface area contributed by atoms with Gasteiger partial charge < -0.3 is 34.1 Å². The van der Waals surface area contributed by atoms with Crippen LogP contribution in [-0.2, 0) is 34.7 Å². The van der Waals surface area contributed by atoms with Crippen molar-refractivity contribution in [3.8, 4) is 17.2 Å². The number of nitrogens with one attached hydrogen (secondary N) is 1. The van der Waals surface area contributed by atoms with E-state index in [0.29, 0.717) is 10.1 Å². The lowest BCUT2D eigenvalue weighted by atomic mass is 9.80. The number of sulfonamides is 1. The lowest BCUT2D eigenvalue weighted by molar-refractivity contribution is -0.159. The van der Waals surface area contributed by atoms with E-state index in [0.717, 1.165) is 0 Å². The van der Waals surface area contributed by atoms with Crippen LogP contribution in [0.25, 0.3) is 0 Å². The molecule has 1 unspecified atom stereocenters. The molecule has 17 heteroatoms. The minimum atomic E-state index is -4.78. The van der Waals surface area contributed by atoms with Crippen molar-refractivity contribution in [1.82, 2.24) is 15.1 Å². The summed E-state index contributed by atoms with van der Waals surface area (Å²) >= 11 is 6.63. The van der Waals surface area contributed by atoms with Crippen LogP contribution in [0.3, 0.4) is 0 Å². The number of amides is 2. The van der Waals surface area contributed by atoms with Gasteiger partial charge in [0.2, 0.25) is 12.1 Å². The van der Waals surface area contributed by atoms with E-state index in [-0.39, 0.29) is 51.2 Å². The van der Waals surface area contributed by atoms with Crippen LogP contribution in [0.4, 0.5) is 5.69 Å². The Morgan fingerprint density at radius 1 is 1.02 bits per heavy atom. The van der Waals surface area contributed by atoms with Crippen molar-refractivity contribution in [2.75, 3.05) is 52.9 Å². The highest BCUT2D eigenvalue weighted by molar-refractivity contribution is 7.93. The molecule has 0 aromatic heterocycles. The number of hydrogen-bond donors (Lipinski definition) is 3. The Labute approximate surface area is 313 Å². The predicted octanol–water partition coefficient (Wildman–Crippen LogP) is 2.66. The van der Waals surface area contributed by atoms with Crippen molar-refractivity contribution in [3.63, 3.8) is 0 Å². The quantitative estimate of drug-likeness (QED) is 0.204. The van der Waals surface area contributed by atoms with Crippen molar-refractivity contribution in [1.29, 1.82) is 0 Å². The Hall–Kier alpha value is -4.45. The predicted molar refractivity (Wildman–Crippen MR) is 194 cm³/mol. The summed E-state index contributed by atoms with van der Waals surface area (Å²) in [6.45, 7) is 2.54. The Morgan fingerprint density at radius 3 is 2.30 bits per heavy atom. The fraction of sp³-hybridized carbons (Fsp3) is 0.417. The van der Waals surface area contributed by atoms with Gasteiger partial charge in [0.05, 0.1) is 45.8 Å². The number of para-hydroxylation sites is 1. The molecule has 0 spiro atoms. The van der Waals surface area contributed by atoms with Gasteiger partial charge in [-0.15, -0.1) is 0 Å². The molecular weight excluding hydrogens is 732 g/mol. The van der Waals surface area contributed by atoms with Gasteiger partial charge in [0.15, 0.2) is 5.54 Å². The number of aliphatic hydroxyl groups excluding tert-OH is 1. The number of carbonyl (C=O) groups is 3. The molecule has 0 radical (unpaired) electrons. The van der Waals surface area contributed by atoms with Gasteiger partial charge in [-0.2, -0.15) is 0 Å². The fourth-order valence-corrected chi connectivity index (χ4v) is 8.63. The molecule has 53 heavy (non-hydrogen) atoms. The van der Waals surface area contributed by atoms with Crippen LogP contribution in [0.1, 0.15) is 31.4 Å². The number of hydrogen-bond acceptors (Lipinski definition) is 12. The zero-order chi connectivity index (χ0) is 39.0. The Morgan fingerprint density at radius 2 is 1.70 bits per heavy atom. The third kappa shape index (κ3) is 7.02. The van der Waals surface area contributed by atoms with Gasteiger partial charge in [-0.1, -0.05) is 29.8 Å². The van der Waals surface area contributed by atoms with Gasteiger partial charge in [0.25, 0.3) is 15.9 Å². The molecule has 2 heterocycles. The second-order valence-corrected chi connectivity index (χ2v) is 15.7. The Kier molecular flexibility index (Phi) is 11.3. The molecule has 15 nitrogen and oxygen atoms in total. The molecule has 0 bridgehead atoms. The van der Waals surface area contributed by atoms with E-state index in [4.69, 9.17) is 30.5 Å². The van der Waals surface area contributed by atoms with Gasteiger partial charge in [-0.3, -0.25) is 19.8 Å². The van der Waals surface area contributed by atoms with Gasteiger partial charge in [0.1, 0.15) is 22.1 Å². The number of carbonyl (C=O) groups excluding carboxylic acids is 2. The molecule has 1 fully saturated rings. The Bertz CT molecular complexity index is 2010. The number of methoxy groups -OCH3 is 3. The molecule has 4 atom stereocenters. The van der Waals surface area contributed by atoms with E-state index in [1.54, 1.807) is 38.1 Å². The lowest BCUT2D eigenvalue weighted by Crippen LogP contribution is -2.59. The maximum Gasteiger partial charge on any atom is 0.348 e. The number of fused-ring (bicyclic) bond motifs is 1. The van der Waals surface area contributed by atoms with Crippen LogP contribution in [0, 0.1) is 0 Å². The first-order valence-corrected chi connectivity index (χ1v) is 18.3. The van der Waals surface area contributed by atoms with Crippen LogP contribution < -0.4 is 23.8 Å². The fourth-order valence-electron chi connectivity index (χ4n) is 6.85. The highest BCUT2D eigenvalue weighted by Gasteiger charge is 2.64. The van der Waals surface area contributed by atoms with Crippen LogP contribution >= 0.6 is 11.6 Å². The van der Waals surface area contributed by atoms with Crippen LogP contribution in [0.2, 0.25) is 5.02 Å². The number of ether oxygens (including phenoxy) is 4. The second-order valence-electron chi connectivity index (χ2n) is 13.5. The van der Waals surface area contributed by atoms with E-state index in [1.807, 2.05) is 0 Å². The number of aliphatic hydroxyl groups is 1. The number of anilines is 1. The highest BCUT2D eigenvalue weighted by atomic mass is 35.5. The van der Waals surface area contributed by atoms with E-state index in [1.165, 1.54) is 81.6 Å². The number of carboxylic acids is 1. The SMILES string of the molecule is COc1ccc(S(=O)(=O)N2C(=O)[C@@](c3ccccc3OC)(N3C[C@H](OC(NC(C)(C)CO)C(=O)O)C[C@H]3C(=O)N(C)C)c3cc(Cl)ccc32)c(OC)c1. The summed E-state index contributed by atoms with van der Waals surface area (Å²) in [5.41, 5.74) is -2.89. The molecule has 3 N–H and O–H groups in total. The zero-order valence-corrected chi connectivity index (χ0v) is 31.9. The topological polar surface area (TPSA) is 184 Å². The average Bonchev–Trinajstić information content (AvgIpc) is 3.66. The minimum absolute atomic E-state index is 0.0432. The van der Waals surface area contributed by atoms with Gasteiger partial charge >= 0.3 is 5.97 Å². The molecule has 3 aromatic carbocycles. The highest BCUT2D eigenvalue weighted by Crippen LogP contribution is 2.55. The summed E-state index contributed by atoms with van der Waals surface area (Å²) in [6, 6.07) is 13.8. The number of likely N-dealkylation sites (N-methyl/N-ethyl adjacent to an activating group) is 1. The third-order valence-electron chi connectivity index (χ3n) is 9.34. The summed E-state index contributed by atoms with van der Waals surface area (Å²) in [7, 11) is 2.38. The summed E-state index contributed by atoms with van der Waals surface area (Å²) in [5.74, 6) is -2.40. The van der Waals surface area contributed by atoms with Crippen molar-refractivity contribution in [3.05, 3.63) is 76.8 Å². The number of rotatable bonds is 14. The first-order valence-electron chi connectivity index (χ1n) is 16.5. The largest absolute Gasteiger partial charge is 0.497 e. The van der Waals surface area contributed by atoms with Crippen molar-refractivity contribution < 1.29 is 52.0 Å². The number of likely N-dealkylation sites (tertiary alicyclic amines) is 1. The van der Waals surface area contributed by atoms with Gasteiger partial charge in [-0.25, -0.2) is 17.5 Å². The van der Waals surface area contributed by atoms with Crippen molar-refractivity contribution in [2.45, 2.75) is 54.6 Å². The van der Waals surface area contributed by atoms with Crippen LogP contribution in [0.5, 0.6) is 17.2 Å². The summed E-state index contributed by atoms with van der Waals surface area (Å²) in [6.07, 6.45) is -2.72. The van der Waals surface area contributed by atoms with Crippen LogP contribution in [-0.4, -0.2) is 119 Å². The number of nitrogens with zero attached hydrogens (tertiary/aromatic N) is 3. The zero-order valence-electron chi connectivity index (χ0n) is 30.3. The standard InChI is InChI=1S/C36H43ClN4O11S/c1-35(2,20-42)38-31(33(44)45)52-23-17-27(32(43)39(3)4)40(19-23)36(24-10-8-9-11-28(24)50-6)25-16-21(37)12-14-26(25)41(34(36)46)53(47,48)30-15-13-22(49-5)18-29(30)51-7/h8-16,18,23,27,31,38,42H,17,19-20H2,1-7H3,(H,44,45)/t23-,27+,31?,36+/m1/s1. The maximum absolute atomic E-state index is 15.6. The average molecular weight is 775 g/mol. The molecular formula is C36H43ClN4O11S. The van der Waals surface area contributed by atoms with E-state index in [2.05, 4.69) is 5.32 Å². The summed E-state index contributed by atoms with van der Waals surface area (Å²) in [4.78, 5) is 44.7. The second kappa shape index (κ2) is 15.1. The molecule has 3 aromatic rings. The molecule has 2 aliphatic heterocycles. The molecule has 5 rings (SSSR count). The molecule has 2 amide bonds. The van der Waals surface area contributed by atoms with E-state index in [9.17, 15) is 28.2 Å². The van der Waals surface area contributed by atoms with Gasteiger partial charge in [0, 0.05) is 48.4 Å². The number of aliphatic carboxylic acids is 1. The maximum atomic E-state index is 15.6. The number of carboxylic acid groups (broad SMARTS) is 1. The molecule has 286 valence electrons. The third-order valence-corrected chi connectivity index (χ3v) is 11.3. The molecule has 0 aliphatic carbocycles. The normalized spacial score (nSPS) is 20.9.